The number of rotatable bonds is 6. The molecule has 5 rings (SSSR count). The fraction of sp³-hybridized carbons (Fsp3) is 0.440. The minimum Gasteiger partial charge on any atom is -0.479 e. The molecule has 0 radical (unpaired) electrons. The van der Waals surface area contributed by atoms with Crippen molar-refractivity contribution in [3.05, 3.63) is 53.3 Å². The normalized spacial score (nSPS) is 17.5. The molecule has 1 amide bonds. The Morgan fingerprint density at radius 2 is 2.00 bits per heavy atom. The van der Waals surface area contributed by atoms with Crippen LogP contribution in [0.4, 0.5) is 5.69 Å². The van der Waals surface area contributed by atoms with E-state index in [1.807, 2.05) is 37.0 Å². The highest BCUT2D eigenvalue weighted by Gasteiger charge is 2.47. The summed E-state index contributed by atoms with van der Waals surface area (Å²) in [6.07, 6.45) is 5.69. The molecular weight excluding hydrogens is 402 g/mol. The Balaban J connectivity index is 1.41. The molecule has 7 nitrogen and oxygen atoms in total. The van der Waals surface area contributed by atoms with Gasteiger partial charge in [-0.1, -0.05) is 6.07 Å². The van der Waals surface area contributed by atoms with Gasteiger partial charge in [0.05, 0.1) is 12.6 Å². The van der Waals surface area contributed by atoms with Gasteiger partial charge in [-0.05, 0) is 57.6 Å². The highest BCUT2D eigenvalue weighted by atomic mass is 16.5. The molecule has 1 saturated carbocycles. The molecule has 32 heavy (non-hydrogen) atoms. The SMILES string of the molecule is COc1ncc(C2(NC(=O)c3cc(N4CC(N(C)C)C4)ccc3C)CC2)c2ccn(C)c12. The number of amides is 1. The van der Waals surface area contributed by atoms with E-state index in [0.717, 1.165) is 59.2 Å². The van der Waals surface area contributed by atoms with Crippen LogP contribution < -0.4 is 15.0 Å². The zero-order chi connectivity index (χ0) is 22.6. The summed E-state index contributed by atoms with van der Waals surface area (Å²) in [5.74, 6) is 0.582. The number of pyridine rings is 1. The second kappa shape index (κ2) is 7.52. The summed E-state index contributed by atoms with van der Waals surface area (Å²) in [4.78, 5) is 22.5. The number of hydrogen-bond acceptors (Lipinski definition) is 5. The number of anilines is 1. The lowest BCUT2D eigenvalue weighted by atomic mass is 10.00. The van der Waals surface area contributed by atoms with Crippen LogP contribution in [0.15, 0.2) is 36.7 Å². The quantitative estimate of drug-likeness (QED) is 0.647. The molecule has 1 aliphatic carbocycles. The smallest absolute Gasteiger partial charge is 0.252 e. The molecule has 2 fully saturated rings. The zero-order valence-corrected chi connectivity index (χ0v) is 19.5. The van der Waals surface area contributed by atoms with E-state index in [1.165, 1.54) is 0 Å². The number of nitrogens with zero attached hydrogens (tertiary/aromatic N) is 4. The van der Waals surface area contributed by atoms with Gasteiger partial charge in [-0.15, -0.1) is 0 Å². The largest absolute Gasteiger partial charge is 0.479 e. The van der Waals surface area contributed by atoms with Gasteiger partial charge in [0.2, 0.25) is 5.88 Å². The van der Waals surface area contributed by atoms with Gasteiger partial charge in [-0.3, -0.25) is 4.79 Å². The van der Waals surface area contributed by atoms with Gasteiger partial charge in [0.25, 0.3) is 5.91 Å². The molecule has 1 aromatic carbocycles. The molecule has 1 aliphatic heterocycles. The van der Waals surface area contributed by atoms with Crippen molar-refractivity contribution in [2.24, 2.45) is 7.05 Å². The standard InChI is InChI=1S/C25H31N5O2/c1-16-6-7-17(30-14-18(15-30)28(2)3)12-20(16)23(31)27-25(9-10-25)21-13-26-24(32-5)22-19(21)8-11-29(22)4/h6-8,11-13,18H,9-10,14-15H2,1-5H3,(H,27,31). The highest BCUT2D eigenvalue weighted by molar-refractivity contribution is 5.98. The Morgan fingerprint density at radius 1 is 1.25 bits per heavy atom. The number of fused-ring (bicyclic) bond motifs is 1. The number of hydrogen-bond donors (Lipinski definition) is 1. The minimum atomic E-state index is -0.370. The van der Waals surface area contributed by atoms with E-state index in [4.69, 9.17) is 4.74 Å². The molecule has 3 heterocycles. The first kappa shape index (κ1) is 20.8. The van der Waals surface area contributed by atoms with Crippen LogP contribution in [0.2, 0.25) is 0 Å². The van der Waals surface area contributed by atoms with E-state index in [0.29, 0.717) is 11.9 Å². The number of likely N-dealkylation sites (N-methyl/N-ethyl adjacent to an activating group) is 1. The predicted molar refractivity (Wildman–Crippen MR) is 127 cm³/mol. The van der Waals surface area contributed by atoms with Gasteiger partial charge < -0.3 is 24.4 Å². The van der Waals surface area contributed by atoms with E-state index in [9.17, 15) is 4.79 Å². The van der Waals surface area contributed by atoms with Crippen molar-refractivity contribution < 1.29 is 9.53 Å². The zero-order valence-electron chi connectivity index (χ0n) is 19.5. The maximum atomic E-state index is 13.4. The monoisotopic (exact) mass is 433 g/mol. The third kappa shape index (κ3) is 3.32. The van der Waals surface area contributed by atoms with Gasteiger partial charge in [-0.25, -0.2) is 4.98 Å². The van der Waals surface area contributed by atoms with Crippen molar-refractivity contribution in [1.29, 1.82) is 0 Å². The van der Waals surface area contributed by atoms with Crippen molar-refractivity contribution in [3.8, 4) is 5.88 Å². The van der Waals surface area contributed by atoms with Gasteiger partial charge in [0.15, 0.2) is 0 Å². The lowest BCUT2D eigenvalue weighted by Gasteiger charge is -2.44. The fourth-order valence-corrected chi connectivity index (χ4v) is 4.71. The first-order valence-electron chi connectivity index (χ1n) is 11.2. The van der Waals surface area contributed by atoms with Crippen molar-refractivity contribution in [2.75, 3.05) is 39.2 Å². The van der Waals surface area contributed by atoms with Crippen LogP contribution in [-0.2, 0) is 12.6 Å². The van der Waals surface area contributed by atoms with Crippen LogP contribution >= 0.6 is 0 Å². The summed E-state index contributed by atoms with van der Waals surface area (Å²) in [5.41, 5.74) is 4.49. The van der Waals surface area contributed by atoms with Gasteiger partial charge in [-0.2, -0.15) is 0 Å². The Kier molecular flexibility index (Phi) is 4.89. The molecule has 2 aromatic heterocycles. The third-order valence-corrected chi connectivity index (χ3v) is 7.11. The maximum absolute atomic E-state index is 13.4. The van der Waals surface area contributed by atoms with E-state index >= 15 is 0 Å². The van der Waals surface area contributed by atoms with Crippen molar-refractivity contribution in [2.45, 2.75) is 31.3 Å². The molecule has 0 bridgehead atoms. The van der Waals surface area contributed by atoms with Crippen LogP contribution in [0.25, 0.3) is 10.9 Å². The summed E-state index contributed by atoms with van der Waals surface area (Å²) in [6.45, 7) is 3.98. The van der Waals surface area contributed by atoms with Crippen LogP contribution in [0.3, 0.4) is 0 Å². The van der Waals surface area contributed by atoms with E-state index < -0.39 is 0 Å². The third-order valence-electron chi connectivity index (χ3n) is 7.11. The highest BCUT2D eigenvalue weighted by Crippen LogP contribution is 2.49. The molecule has 168 valence electrons. The lowest BCUT2D eigenvalue weighted by molar-refractivity contribution is 0.0930. The van der Waals surface area contributed by atoms with Crippen molar-refractivity contribution >= 4 is 22.5 Å². The number of nitrogens with one attached hydrogen (secondary N) is 1. The minimum absolute atomic E-state index is 0.0218. The summed E-state index contributed by atoms with van der Waals surface area (Å²) >= 11 is 0. The average molecular weight is 434 g/mol. The molecular formula is C25H31N5O2. The number of aromatic nitrogens is 2. The lowest BCUT2D eigenvalue weighted by Crippen LogP contribution is -2.57. The maximum Gasteiger partial charge on any atom is 0.252 e. The van der Waals surface area contributed by atoms with Gasteiger partial charge in [0, 0.05) is 60.8 Å². The molecule has 0 atom stereocenters. The van der Waals surface area contributed by atoms with Crippen LogP contribution in [0, 0.1) is 6.92 Å². The average Bonchev–Trinajstić information content (AvgIpc) is 3.40. The Hall–Kier alpha value is -3.06. The van der Waals surface area contributed by atoms with Crippen LogP contribution in [0.1, 0.15) is 34.3 Å². The number of aryl methyl sites for hydroxylation is 2. The summed E-state index contributed by atoms with van der Waals surface area (Å²) in [5, 5.41) is 4.43. The number of ether oxygens (including phenoxy) is 1. The summed E-state index contributed by atoms with van der Waals surface area (Å²) in [7, 11) is 7.85. The van der Waals surface area contributed by atoms with E-state index in [2.05, 4.69) is 52.4 Å². The Labute approximate surface area is 189 Å². The van der Waals surface area contributed by atoms with Gasteiger partial charge >= 0.3 is 0 Å². The predicted octanol–water partition coefficient (Wildman–Crippen LogP) is 3.06. The van der Waals surface area contributed by atoms with Crippen molar-refractivity contribution in [1.82, 2.24) is 19.8 Å². The molecule has 0 spiro atoms. The molecule has 7 heteroatoms. The number of carbonyl (C=O) groups excluding carboxylic acids is 1. The van der Waals surface area contributed by atoms with Crippen LogP contribution in [0.5, 0.6) is 5.88 Å². The van der Waals surface area contributed by atoms with Gasteiger partial charge in [0.1, 0.15) is 5.52 Å². The van der Waals surface area contributed by atoms with E-state index in [1.54, 1.807) is 7.11 Å². The number of benzene rings is 1. The molecule has 2 aliphatic rings. The summed E-state index contributed by atoms with van der Waals surface area (Å²) in [6, 6.07) is 8.86. The second-order valence-corrected chi connectivity index (χ2v) is 9.43. The fourth-order valence-electron chi connectivity index (χ4n) is 4.71. The first-order valence-corrected chi connectivity index (χ1v) is 11.2. The Bertz CT molecular complexity index is 1190. The topological polar surface area (TPSA) is 62.6 Å². The van der Waals surface area contributed by atoms with E-state index in [-0.39, 0.29) is 11.4 Å². The Morgan fingerprint density at radius 3 is 2.66 bits per heavy atom. The molecule has 1 N–H and O–H groups in total. The molecule has 1 saturated heterocycles. The summed E-state index contributed by atoms with van der Waals surface area (Å²) < 4.78 is 7.49. The molecule has 0 unspecified atom stereocenters. The second-order valence-electron chi connectivity index (χ2n) is 9.43. The van der Waals surface area contributed by atoms with Crippen molar-refractivity contribution in [3.63, 3.8) is 0 Å². The number of methoxy groups -OCH3 is 1. The van der Waals surface area contributed by atoms with Crippen LogP contribution in [-0.4, -0.2) is 60.7 Å². The molecule has 3 aromatic rings. The number of carbonyl (C=O) groups is 1. The first-order chi connectivity index (χ1) is 15.3.